The third-order valence-corrected chi connectivity index (χ3v) is 1.64. The Hall–Kier alpha value is 0.210. The molecule has 3 heteroatoms. The molecule has 0 spiro atoms. The summed E-state index contributed by atoms with van der Waals surface area (Å²) in [6.07, 6.45) is 4.03. The van der Waals surface area contributed by atoms with Crippen LogP contribution in [0.15, 0.2) is 0 Å². The molecule has 1 atom stereocenters. The van der Waals surface area contributed by atoms with Crippen molar-refractivity contribution in [3.8, 4) is 0 Å². The van der Waals surface area contributed by atoms with Gasteiger partial charge in [-0.1, -0.05) is 33.1 Å². The number of unbranched alkanes of at least 4 members (excludes halogenated alkanes) is 2. The van der Waals surface area contributed by atoms with Crippen molar-refractivity contribution in [2.45, 2.75) is 39.5 Å². The number of carbonyl (C=O) groups is 1. The van der Waals surface area contributed by atoms with Crippen LogP contribution in [-0.2, 0) is 27.2 Å². The van der Waals surface area contributed by atoms with E-state index in [-0.39, 0.29) is 28.3 Å². The van der Waals surface area contributed by atoms with Crippen molar-refractivity contribution in [1.82, 2.24) is 0 Å². The fourth-order valence-electron chi connectivity index (χ4n) is 0.818. The molecule has 0 heterocycles. The fourth-order valence-corrected chi connectivity index (χ4v) is 0.818. The number of rotatable bonds is 5. The second-order valence-corrected chi connectivity index (χ2v) is 2.72. The molecule has 0 bridgehead atoms. The minimum atomic E-state index is -0.920. The van der Waals surface area contributed by atoms with E-state index in [9.17, 15) is 9.90 Å². The molecule has 0 aliphatic rings. The Morgan fingerprint density at radius 3 is 2.36 bits per heavy atom. The van der Waals surface area contributed by atoms with Gasteiger partial charge in [-0.05, 0) is 12.3 Å². The molecule has 0 amide bonds. The van der Waals surface area contributed by atoms with Crippen LogP contribution < -0.4 is 5.11 Å². The van der Waals surface area contributed by atoms with Gasteiger partial charge in [0.25, 0.3) is 0 Å². The van der Waals surface area contributed by atoms with Crippen LogP contribution in [-0.4, -0.2) is 5.97 Å². The summed E-state index contributed by atoms with van der Waals surface area (Å²) >= 11 is 0. The number of carbonyl (C=O) groups excluding carboxylic acids is 1. The molecule has 0 saturated heterocycles. The van der Waals surface area contributed by atoms with Gasteiger partial charge in [0.1, 0.15) is 0 Å². The summed E-state index contributed by atoms with van der Waals surface area (Å²) in [5.74, 6) is -1.19. The van der Waals surface area contributed by atoms with E-state index in [4.69, 9.17) is 0 Å². The molecule has 1 unspecified atom stereocenters. The van der Waals surface area contributed by atoms with Crippen molar-refractivity contribution in [2.24, 2.45) is 5.92 Å². The standard InChI is InChI=1S/C8H16O2.Ag/c1-3-4-5-6-7(2)8(9)10;/h7H,3-6H2,1-2H3,(H,9,10);/q;+1/p-1. The van der Waals surface area contributed by atoms with Crippen LogP contribution in [0.4, 0.5) is 0 Å². The Morgan fingerprint density at radius 2 is 2.00 bits per heavy atom. The normalized spacial score (nSPS) is 11.8. The van der Waals surface area contributed by atoms with E-state index in [0.717, 1.165) is 25.7 Å². The Balaban J connectivity index is 0. The Labute approximate surface area is 83.9 Å². The van der Waals surface area contributed by atoms with Crippen LogP contribution >= 0.6 is 0 Å². The average Bonchev–Trinajstić information content (AvgIpc) is 1.88. The first-order chi connectivity index (χ1) is 4.68. The first-order valence-electron chi connectivity index (χ1n) is 3.89. The molecular weight excluding hydrogens is 236 g/mol. The molecule has 11 heavy (non-hydrogen) atoms. The van der Waals surface area contributed by atoms with Crippen molar-refractivity contribution in [1.29, 1.82) is 0 Å². The molecule has 0 fully saturated rings. The van der Waals surface area contributed by atoms with Crippen molar-refractivity contribution in [3.63, 3.8) is 0 Å². The molecule has 0 aromatic carbocycles. The van der Waals surface area contributed by atoms with Gasteiger partial charge >= 0.3 is 22.4 Å². The summed E-state index contributed by atoms with van der Waals surface area (Å²) < 4.78 is 0. The van der Waals surface area contributed by atoms with Gasteiger partial charge in [-0.25, -0.2) is 0 Å². The number of hydrogen-bond acceptors (Lipinski definition) is 2. The summed E-state index contributed by atoms with van der Waals surface area (Å²) in [7, 11) is 0. The van der Waals surface area contributed by atoms with Crippen LogP contribution in [0, 0.1) is 5.92 Å². The van der Waals surface area contributed by atoms with E-state index in [1.54, 1.807) is 6.92 Å². The molecule has 0 rings (SSSR count). The monoisotopic (exact) mass is 250 g/mol. The number of carboxylic acid groups (broad SMARTS) is 1. The molecular formula is C8H15AgO2. The van der Waals surface area contributed by atoms with Gasteiger partial charge in [0.05, 0.1) is 0 Å². The topological polar surface area (TPSA) is 40.1 Å². The van der Waals surface area contributed by atoms with E-state index in [1.165, 1.54) is 0 Å². The van der Waals surface area contributed by atoms with E-state index in [1.807, 2.05) is 0 Å². The zero-order chi connectivity index (χ0) is 7.98. The molecule has 0 radical (unpaired) electrons. The van der Waals surface area contributed by atoms with E-state index >= 15 is 0 Å². The van der Waals surface area contributed by atoms with Crippen LogP contribution in [0.25, 0.3) is 0 Å². The average molecular weight is 251 g/mol. The fraction of sp³-hybridized carbons (Fsp3) is 0.875. The van der Waals surface area contributed by atoms with E-state index in [2.05, 4.69) is 6.92 Å². The minimum Gasteiger partial charge on any atom is -0.550 e. The second-order valence-electron chi connectivity index (χ2n) is 2.72. The summed E-state index contributed by atoms with van der Waals surface area (Å²) in [5.41, 5.74) is 0. The predicted molar refractivity (Wildman–Crippen MR) is 38.3 cm³/mol. The SMILES string of the molecule is CCCCCC(C)C(=O)[O-].[Ag+]. The Kier molecular flexibility index (Phi) is 10.4. The van der Waals surface area contributed by atoms with Crippen LogP contribution in [0.2, 0.25) is 0 Å². The van der Waals surface area contributed by atoms with Crippen molar-refractivity contribution >= 4 is 5.97 Å². The first kappa shape index (κ1) is 13.8. The maximum Gasteiger partial charge on any atom is 1.00 e. The summed E-state index contributed by atoms with van der Waals surface area (Å²) in [4.78, 5) is 10.2. The van der Waals surface area contributed by atoms with Gasteiger partial charge in [-0.3, -0.25) is 0 Å². The van der Waals surface area contributed by atoms with Gasteiger partial charge in [-0.2, -0.15) is 0 Å². The number of aliphatic carboxylic acids is 1. The second kappa shape index (κ2) is 8.31. The summed E-state index contributed by atoms with van der Waals surface area (Å²) in [6, 6.07) is 0. The summed E-state index contributed by atoms with van der Waals surface area (Å²) in [5, 5.41) is 10.2. The molecule has 0 saturated carbocycles. The van der Waals surface area contributed by atoms with Crippen molar-refractivity contribution in [3.05, 3.63) is 0 Å². The molecule has 0 aliphatic carbocycles. The predicted octanol–water partition coefficient (Wildman–Crippen LogP) is 0.950. The molecule has 0 aliphatic heterocycles. The zero-order valence-corrected chi connectivity index (χ0v) is 8.51. The molecule has 2 nitrogen and oxygen atoms in total. The smallest absolute Gasteiger partial charge is 0.550 e. The molecule has 0 N–H and O–H groups in total. The van der Waals surface area contributed by atoms with Gasteiger partial charge in [-0.15, -0.1) is 0 Å². The van der Waals surface area contributed by atoms with Gasteiger partial charge in [0, 0.05) is 5.97 Å². The number of carboxylic acids is 1. The van der Waals surface area contributed by atoms with Gasteiger partial charge in [0.2, 0.25) is 0 Å². The van der Waals surface area contributed by atoms with Gasteiger partial charge < -0.3 is 9.90 Å². The Morgan fingerprint density at radius 1 is 1.45 bits per heavy atom. The quantitative estimate of drug-likeness (QED) is 0.539. The third-order valence-electron chi connectivity index (χ3n) is 1.64. The maximum absolute atomic E-state index is 10.2. The molecule has 0 aromatic heterocycles. The third kappa shape index (κ3) is 8.11. The molecule has 0 aromatic rings. The number of hydrogen-bond donors (Lipinski definition) is 0. The minimum absolute atomic E-state index is 0. The van der Waals surface area contributed by atoms with Crippen LogP contribution in [0.3, 0.4) is 0 Å². The van der Waals surface area contributed by atoms with Gasteiger partial charge in [0.15, 0.2) is 0 Å². The summed E-state index contributed by atoms with van der Waals surface area (Å²) in [6.45, 7) is 3.80. The Bertz CT molecular complexity index is 104. The molecule has 70 valence electrons. The van der Waals surface area contributed by atoms with Crippen molar-refractivity contribution in [2.75, 3.05) is 0 Å². The van der Waals surface area contributed by atoms with Crippen LogP contribution in [0.5, 0.6) is 0 Å². The largest absolute Gasteiger partial charge is 1.00 e. The first-order valence-corrected chi connectivity index (χ1v) is 3.89. The van der Waals surface area contributed by atoms with Crippen LogP contribution in [0.1, 0.15) is 39.5 Å². The zero-order valence-electron chi connectivity index (χ0n) is 7.02. The van der Waals surface area contributed by atoms with E-state index < -0.39 is 5.97 Å². The van der Waals surface area contributed by atoms with Crippen molar-refractivity contribution < 1.29 is 32.3 Å². The van der Waals surface area contributed by atoms with E-state index in [0.29, 0.717) is 0 Å². The maximum atomic E-state index is 10.2.